The third-order valence-electron chi connectivity index (χ3n) is 5.12. The van der Waals surface area contributed by atoms with Crippen LogP contribution in [-0.4, -0.2) is 34.1 Å². The Kier molecular flexibility index (Phi) is 4.78. The summed E-state index contributed by atoms with van der Waals surface area (Å²) in [6.45, 7) is 5.94. The smallest absolute Gasteiger partial charge is 0.356 e. The van der Waals surface area contributed by atoms with Crippen molar-refractivity contribution in [1.82, 2.24) is 9.78 Å². The molecule has 1 N–H and O–H groups in total. The Labute approximate surface area is 169 Å². The number of hydrogen-bond donors (Lipinski definition) is 1. The maximum atomic E-state index is 11.9. The van der Waals surface area contributed by atoms with Crippen LogP contribution in [0.15, 0.2) is 36.4 Å². The highest BCUT2D eigenvalue weighted by molar-refractivity contribution is 5.91. The van der Waals surface area contributed by atoms with Gasteiger partial charge in [0.1, 0.15) is 0 Å². The molecule has 3 aromatic rings. The molecule has 0 amide bonds. The van der Waals surface area contributed by atoms with Crippen molar-refractivity contribution >= 4 is 5.97 Å². The normalized spacial score (nSPS) is 12.4. The maximum Gasteiger partial charge on any atom is 0.356 e. The van der Waals surface area contributed by atoms with Crippen LogP contribution in [0.25, 0.3) is 16.9 Å². The van der Waals surface area contributed by atoms with Gasteiger partial charge in [-0.25, -0.2) is 9.48 Å². The summed E-state index contributed by atoms with van der Waals surface area (Å²) in [5, 5.41) is 14.2. The van der Waals surface area contributed by atoms with Gasteiger partial charge in [-0.05, 0) is 63.4 Å². The largest absolute Gasteiger partial charge is 0.493 e. The van der Waals surface area contributed by atoms with E-state index >= 15 is 0 Å². The minimum absolute atomic E-state index is 0.0124. The van der Waals surface area contributed by atoms with Gasteiger partial charge >= 0.3 is 5.97 Å². The minimum atomic E-state index is -1.01. The number of rotatable bonds is 5. The summed E-state index contributed by atoms with van der Waals surface area (Å²) in [6, 6.07) is 11.8. The molecule has 29 heavy (non-hydrogen) atoms. The fraction of sp³-hybridized carbons (Fsp3) is 0.304. The first-order valence-electron chi connectivity index (χ1n) is 9.69. The number of aryl methyl sites for hydroxylation is 2. The molecule has 0 saturated carbocycles. The Morgan fingerprint density at radius 1 is 1.14 bits per heavy atom. The molecular formula is C23H24N2O4. The SMILES string of the molecule is COc1cc2c(cc1OC(C)C)-c1c(c(C(=O)O)nn1-c1ccc(C)cc1)CC2. The van der Waals surface area contributed by atoms with E-state index in [0.29, 0.717) is 17.9 Å². The molecule has 0 unspecified atom stereocenters. The lowest BCUT2D eigenvalue weighted by Crippen LogP contribution is -2.11. The molecule has 1 aromatic heterocycles. The van der Waals surface area contributed by atoms with Crippen molar-refractivity contribution in [2.24, 2.45) is 0 Å². The fourth-order valence-corrected chi connectivity index (χ4v) is 3.80. The second-order valence-electron chi connectivity index (χ2n) is 7.56. The van der Waals surface area contributed by atoms with Gasteiger partial charge in [-0.15, -0.1) is 0 Å². The van der Waals surface area contributed by atoms with E-state index in [1.54, 1.807) is 11.8 Å². The standard InChI is InChI=1S/C23H24N2O4/c1-13(2)29-20-12-18-15(11-19(20)28-4)7-10-17-21(23(26)27)24-25(22(17)18)16-8-5-14(3)6-9-16/h5-6,8-9,11-13H,7,10H2,1-4H3,(H,26,27). The summed E-state index contributed by atoms with van der Waals surface area (Å²) in [5.74, 6) is 0.311. The highest BCUT2D eigenvalue weighted by Gasteiger charge is 2.30. The molecule has 0 saturated heterocycles. The van der Waals surface area contributed by atoms with Gasteiger partial charge in [-0.3, -0.25) is 0 Å². The third kappa shape index (κ3) is 3.35. The molecule has 1 heterocycles. The van der Waals surface area contributed by atoms with E-state index in [1.807, 2.05) is 57.2 Å². The van der Waals surface area contributed by atoms with Crippen LogP contribution >= 0.6 is 0 Å². The third-order valence-corrected chi connectivity index (χ3v) is 5.12. The Bertz CT molecular complexity index is 1080. The first-order chi connectivity index (χ1) is 13.9. The minimum Gasteiger partial charge on any atom is -0.493 e. The van der Waals surface area contributed by atoms with E-state index in [-0.39, 0.29) is 11.8 Å². The molecule has 150 valence electrons. The molecule has 4 rings (SSSR count). The molecule has 6 heteroatoms. The van der Waals surface area contributed by atoms with Crippen molar-refractivity contribution in [3.63, 3.8) is 0 Å². The average Bonchev–Trinajstić information content (AvgIpc) is 3.08. The molecule has 1 aliphatic carbocycles. The van der Waals surface area contributed by atoms with E-state index in [4.69, 9.17) is 9.47 Å². The first kappa shape index (κ1) is 19.1. The zero-order chi connectivity index (χ0) is 20.7. The number of aromatic nitrogens is 2. The lowest BCUT2D eigenvalue weighted by Gasteiger charge is -2.22. The number of fused-ring (bicyclic) bond motifs is 3. The summed E-state index contributed by atoms with van der Waals surface area (Å²) in [7, 11) is 1.63. The van der Waals surface area contributed by atoms with Crippen molar-refractivity contribution in [1.29, 1.82) is 0 Å². The molecule has 6 nitrogen and oxygen atoms in total. The van der Waals surface area contributed by atoms with E-state index in [0.717, 1.165) is 40.1 Å². The molecule has 2 aromatic carbocycles. The summed E-state index contributed by atoms with van der Waals surface area (Å²) in [4.78, 5) is 11.9. The van der Waals surface area contributed by atoms with Crippen LogP contribution in [0, 0.1) is 6.92 Å². The van der Waals surface area contributed by atoms with Gasteiger partial charge < -0.3 is 14.6 Å². The molecule has 0 spiro atoms. The number of hydrogen-bond acceptors (Lipinski definition) is 4. The average molecular weight is 392 g/mol. The van der Waals surface area contributed by atoms with Gasteiger partial charge in [-0.2, -0.15) is 5.10 Å². The highest BCUT2D eigenvalue weighted by Crippen LogP contribution is 2.42. The van der Waals surface area contributed by atoms with Crippen LogP contribution in [0.1, 0.15) is 41.0 Å². The molecule has 0 atom stereocenters. The molecule has 1 aliphatic rings. The summed E-state index contributed by atoms with van der Waals surface area (Å²) < 4.78 is 13.2. The predicted octanol–water partition coefficient (Wildman–Crippen LogP) is 4.44. The first-order valence-corrected chi connectivity index (χ1v) is 9.69. The van der Waals surface area contributed by atoms with E-state index in [2.05, 4.69) is 5.10 Å². The monoisotopic (exact) mass is 392 g/mol. The molecule has 0 aliphatic heterocycles. The summed E-state index contributed by atoms with van der Waals surface area (Å²) >= 11 is 0. The highest BCUT2D eigenvalue weighted by atomic mass is 16.5. The summed E-state index contributed by atoms with van der Waals surface area (Å²) in [5.41, 5.74) is 5.66. The van der Waals surface area contributed by atoms with E-state index < -0.39 is 5.97 Å². The van der Waals surface area contributed by atoms with Crippen LogP contribution < -0.4 is 9.47 Å². The Hall–Kier alpha value is -3.28. The zero-order valence-corrected chi connectivity index (χ0v) is 17.0. The maximum absolute atomic E-state index is 11.9. The number of carboxylic acids is 1. The van der Waals surface area contributed by atoms with Crippen molar-refractivity contribution in [2.75, 3.05) is 7.11 Å². The number of ether oxygens (including phenoxy) is 2. The molecule has 0 radical (unpaired) electrons. The Morgan fingerprint density at radius 3 is 2.48 bits per heavy atom. The Morgan fingerprint density at radius 2 is 1.86 bits per heavy atom. The van der Waals surface area contributed by atoms with Crippen LogP contribution in [0.4, 0.5) is 0 Å². The van der Waals surface area contributed by atoms with E-state index in [9.17, 15) is 9.90 Å². The van der Waals surface area contributed by atoms with Crippen LogP contribution in [0.3, 0.4) is 0 Å². The molecule has 0 fully saturated rings. The zero-order valence-electron chi connectivity index (χ0n) is 17.0. The second kappa shape index (κ2) is 7.28. The number of benzene rings is 2. The van der Waals surface area contributed by atoms with Crippen molar-refractivity contribution in [3.8, 4) is 28.4 Å². The molecular weight excluding hydrogens is 368 g/mol. The summed E-state index contributed by atoms with van der Waals surface area (Å²) in [6.07, 6.45) is 1.32. The van der Waals surface area contributed by atoms with Gasteiger partial charge in [0, 0.05) is 11.1 Å². The van der Waals surface area contributed by atoms with Crippen LogP contribution in [0.5, 0.6) is 11.5 Å². The van der Waals surface area contributed by atoms with Crippen molar-refractivity contribution in [2.45, 2.75) is 39.7 Å². The van der Waals surface area contributed by atoms with Gasteiger partial charge in [0.15, 0.2) is 17.2 Å². The second-order valence-corrected chi connectivity index (χ2v) is 7.56. The number of carboxylic acid groups (broad SMARTS) is 1. The number of carbonyl (C=O) groups is 1. The quantitative estimate of drug-likeness (QED) is 0.695. The van der Waals surface area contributed by atoms with Crippen molar-refractivity contribution in [3.05, 3.63) is 58.8 Å². The van der Waals surface area contributed by atoms with Gasteiger partial charge in [0.25, 0.3) is 0 Å². The molecule has 0 bridgehead atoms. The van der Waals surface area contributed by atoms with E-state index in [1.165, 1.54) is 0 Å². The van der Waals surface area contributed by atoms with Gasteiger partial charge in [0.05, 0.1) is 24.6 Å². The lowest BCUT2D eigenvalue weighted by atomic mass is 9.88. The van der Waals surface area contributed by atoms with Crippen LogP contribution in [0.2, 0.25) is 0 Å². The number of nitrogens with zero attached hydrogens (tertiary/aromatic N) is 2. The Balaban J connectivity index is 1.97. The number of aromatic carboxylic acids is 1. The van der Waals surface area contributed by atoms with Gasteiger partial charge in [-0.1, -0.05) is 17.7 Å². The topological polar surface area (TPSA) is 73.6 Å². The lowest BCUT2D eigenvalue weighted by molar-refractivity contribution is 0.0688. The van der Waals surface area contributed by atoms with Gasteiger partial charge in [0.2, 0.25) is 0 Å². The predicted molar refractivity (Wildman–Crippen MR) is 110 cm³/mol. The van der Waals surface area contributed by atoms with Crippen molar-refractivity contribution < 1.29 is 19.4 Å². The number of methoxy groups -OCH3 is 1. The van der Waals surface area contributed by atoms with Crippen LogP contribution in [-0.2, 0) is 12.8 Å². The fourth-order valence-electron chi connectivity index (χ4n) is 3.80.